The Bertz CT molecular complexity index is 1070. The first-order valence-electron chi connectivity index (χ1n) is 13.2. The molecule has 0 saturated carbocycles. The molecule has 0 aromatic heterocycles. The Labute approximate surface area is 231 Å². The number of ether oxygens (including phenoxy) is 2. The Balaban J connectivity index is 1.21. The highest BCUT2D eigenvalue weighted by atomic mass is 16.6. The molecule has 0 aliphatic carbocycles. The second kappa shape index (κ2) is 13.8. The van der Waals surface area contributed by atoms with Crippen LogP contribution in [0.15, 0.2) is 60.7 Å². The van der Waals surface area contributed by atoms with Crippen LogP contribution >= 0.6 is 0 Å². The number of benzene rings is 2. The van der Waals surface area contributed by atoms with Gasteiger partial charge in [0.2, 0.25) is 11.8 Å². The van der Waals surface area contributed by atoms with E-state index in [1.807, 2.05) is 60.7 Å². The first-order valence-corrected chi connectivity index (χ1v) is 13.2. The largest absolute Gasteiger partial charge is 0.445 e. The van der Waals surface area contributed by atoms with Crippen molar-refractivity contribution < 1.29 is 38.9 Å². The van der Waals surface area contributed by atoms with Gasteiger partial charge in [0.25, 0.3) is 0 Å². The second-order valence-corrected chi connectivity index (χ2v) is 9.78. The predicted molar refractivity (Wildman–Crippen MR) is 142 cm³/mol. The Kier molecular flexibility index (Phi) is 9.92. The van der Waals surface area contributed by atoms with Crippen LogP contribution in [0.1, 0.15) is 24.0 Å². The van der Waals surface area contributed by atoms with Crippen molar-refractivity contribution in [3.8, 4) is 0 Å². The summed E-state index contributed by atoms with van der Waals surface area (Å²) in [6, 6.07) is 16.4. The maximum absolute atomic E-state index is 12.8. The summed E-state index contributed by atoms with van der Waals surface area (Å²) >= 11 is 0. The third kappa shape index (κ3) is 7.70. The van der Waals surface area contributed by atoms with E-state index in [1.54, 1.807) is 0 Å². The number of aliphatic hydroxyl groups is 2. The minimum absolute atomic E-state index is 0.0251. The number of rotatable bonds is 9. The number of carbonyl (C=O) groups is 4. The molecule has 2 aliphatic heterocycles. The van der Waals surface area contributed by atoms with Crippen molar-refractivity contribution in [2.75, 3.05) is 26.2 Å². The number of aliphatic hydroxyl groups excluding tert-OH is 2. The van der Waals surface area contributed by atoms with Crippen LogP contribution in [-0.2, 0) is 32.3 Å². The van der Waals surface area contributed by atoms with E-state index in [-0.39, 0.29) is 52.2 Å². The normalized spacial score (nSPS) is 22.1. The first kappa shape index (κ1) is 28.8. The van der Waals surface area contributed by atoms with Crippen molar-refractivity contribution in [3.63, 3.8) is 0 Å². The molecule has 4 rings (SSSR count). The standard InChI is InChI=1S/C28H34N4O8/c33-21-13-23(31(15-21)27(37)39-17-19-7-3-1-4-8-19)25(35)29-11-12-30-26(36)24-14-22(34)16-32(24)28(38)40-18-20-9-5-2-6-10-20/h1-10,21-24,33-34H,11-18H2,(H,29,35)(H,30,36)/t21-,22-,23+,24+/m1/s1. The van der Waals surface area contributed by atoms with E-state index in [2.05, 4.69) is 10.6 Å². The highest BCUT2D eigenvalue weighted by molar-refractivity contribution is 5.87. The summed E-state index contributed by atoms with van der Waals surface area (Å²) in [5.74, 6) is -0.963. The maximum Gasteiger partial charge on any atom is 0.410 e. The van der Waals surface area contributed by atoms with Crippen LogP contribution < -0.4 is 10.6 Å². The summed E-state index contributed by atoms with van der Waals surface area (Å²) in [6.07, 6.45) is -2.99. The fraction of sp³-hybridized carbons (Fsp3) is 0.429. The highest BCUT2D eigenvalue weighted by Gasteiger charge is 2.41. The lowest BCUT2D eigenvalue weighted by molar-refractivity contribution is -0.126. The third-order valence-corrected chi connectivity index (χ3v) is 6.77. The van der Waals surface area contributed by atoms with Gasteiger partial charge in [-0.2, -0.15) is 0 Å². The van der Waals surface area contributed by atoms with Crippen molar-refractivity contribution >= 4 is 24.0 Å². The van der Waals surface area contributed by atoms with Crippen LogP contribution in [0.3, 0.4) is 0 Å². The number of β-amino-alcohol motifs (C(OH)–C–C–N with tert-alkyl or cyclic N) is 2. The molecule has 214 valence electrons. The third-order valence-electron chi connectivity index (χ3n) is 6.77. The molecular formula is C28H34N4O8. The SMILES string of the molecule is O=C(NCCNC(=O)[C@@H]1C[C@@H](O)CN1C(=O)OCc1ccccc1)[C@@H]1C[C@@H](O)CN1C(=O)OCc1ccccc1. The number of hydrogen-bond acceptors (Lipinski definition) is 8. The number of nitrogens with zero attached hydrogens (tertiary/aromatic N) is 2. The summed E-state index contributed by atoms with van der Waals surface area (Å²) in [5.41, 5.74) is 1.59. The van der Waals surface area contributed by atoms with Crippen LogP contribution in [0.25, 0.3) is 0 Å². The van der Waals surface area contributed by atoms with Crippen molar-refractivity contribution in [1.29, 1.82) is 0 Å². The van der Waals surface area contributed by atoms with Crippen molar-refractivity contribution in [2.24, 2.45) is 0 Å². The zero-order valence-corrected chi connectivity index (χ0v) is 22.0. The number of amides is 4. The molecule has 2 saturated heterocycles. The van der Waals surface area contributed by atoms with Crippen LogP contribution in [0.5, 0.6) is 0 Å². The zero-order chi connectivity index (χ0) is 28.5. The summed E-state index contributed by atoms with van der Waals surface area (Å²) in [7, 11) is 0. The molecule has 2 heterocycles. The average molecular weight is 555 g/mol. The molecule has 2 fully saturated rings. The second-order valence-electron chi connectivity index (χ2n) is 9.78. The summed E-state index contributed by atoms with van der Waals surface area (Å²) < 4.78 is 10.6. The van der Waals surface area contributed by atoms with Crippen molar-refractivity contribution in [3.05, 3.63) is 71.8 Å². The first-order chi connectivity index (χ1) is 19.3. The van der Waals surface area contributed by atoms with E-state index in [0.717, 1.165) is 11.1 Å². The maximum atomic E-state index is 12.8. The number of nitrogens with one attached hydrogen (secondary N) is 2. The summed E-state index contributed by atoms with van der Waals surface area (Å²) in [6.45, 7) is 0.138. The Hall–Kier alpha value is -4.16. The van der Waals surface area contributed by atoms with Crippen LogP contribution in [0, 0.1) is 0 Å². The van der Waals surface area contributed by atoms with E-state index in [0.29, 0.717) is 0 Å². The fourth-order valence-electron chi connectivity index (χ4n) is 4.74. The lowest BCUT2D eigenvalue weighted by Crippen LogP contribution is -2.49. The van der Waals surface area contributed by atoms with E-state index in [1.165, 1.54) is 9.80 Å². The number of likely N-dealkylation sites (tertiary alicyclic amines) is 2. The Morgan fingerprint density at radius 2 is 1.05 bits per heavy atom. The molecule has 0 spiro atoms. The number of hydrogen-bond donors (Lipinski definition) is 4. The smallest absolute Gasteiger partial charge is 0.410 e. The fourth-order valence-corrected chi connectivity index (χ4v) is 4.74. The van der Waals surface area contributed by atoms with Crippen molar-refractivity contribution in [2.45, 2.75) is 50.3 Å². The van der Waals surface area contributed by atoms with Gasteiger partial charge in [0.05, 0.1) is 25.3 Å². The van der Waals surface area contributed by atoms with Crippen molar-refractivity contribution in [1.82, 2.24) is 20.4 Å². The van der Waals surface area contributed by atoms with E-state index in [4.69, 9.17) is 9.47 Å². The van der Waals surface area contributed by atoms with Gasteiger partial charge in [0.1, 0.15) is 25.3 Å². The van der Waals surface area contributed by atoms with Gasteiger partial charge in [-0.3, -0.25) is 19.4 Å². The molecule has 12 heteroatoms. The van der Waals surface area contributed by atoms with Gasteiger partial charge in [-0.05, 0) is 11.1 Å². The molecule has 0 radical (unpaired) electrons. The molecule has 0 bridgehead atoms. The van der Waals surface area contributed by atoms with Gasteiger partial charge >= 0.3 is 12.2 Å². The molecule has 2 aromatic carbocycles. The van der Waals surface area contributed by atoms with Crippen LogP contribution in [-0.4, -0.2) is 94.5 Å². The molecule has 4 atom stereocenters. The van der Waals surface area contributed by atoms with Gasteiger partial charge in [-0.1, -0.05) is 60.7 Å². The lowest BCUT2D eigenvalue weighted by Gasteiger charge is -2.24. The van der Waals surface area contributed by atoms with E-state index in [9.17, 15) is 29.4 Å². The molecule has 40 heavy (non-hydrogen) atoms. The van der Waals surface area contributed by atoms with E-state index >= 15 is 0 Å². The zero-order valence-electron chi connectivity index (χ0n) is 22.0. The topological polar surface area (TPSA) is 158 Å². The summed E-state index contributed by atoms with van der Waals surface area (Å²) in [5, 5.41) is 25.5. The molecule has 12 nitrogen and oxygen atoms in total. The van der Waals surface area contributed by atoms with Gasteiger partial charge in [0, 0.05) is 25.9 Å². The van der Waals surface area contributed by atoms with Gasteiger partial charge < -0.3 is 30.3 Å². The van der Waals surface area contributed by atoms with Gasteiger partial charge in [-0.25, -0.2) is 9.59 Å². The summed E-state index contributed by atoms with van der Waals surface area (Å²) in [4.78, 5) is 53.1. The average Bonchev–Trinajstić information content (AvgIpc) is 3.56. The Morgan fingerprint density at radius 3 is 1.43 bits per heavy atom. The molecule has 2 aromatic rings. The minimum Gasteiger partial charge on any atom is -0.445 e. The quantitative estimate of drug-likeness (QED) is 0.331. The predicted octanol–water partition coefficient (Wildman–Crippen LogP) is 0.763. The van der Waals surface area contributed by atoms with E-state index < -0.39 is 48.3 Å². The highest BCUT2D eigenvalue weighted by Crippen LogP contribution is 2.21. The monoisotopic (exact) mass is 554 g/mol. The molecule has 0 unspecified atom stereocenters. The molecule has 2 aliphatic rings. The number of carbonyl (C=O) groups excluding carboxylic acids is 4. The molecular weight excluding hydrogens is 520 g/mol. The van der Waals surface area contributed by atoms with Gasteiger partial charge in [-0.15, -0.1) is 0 Å². The van der Waals surface area contributed by atoms with Crippen LogP contribution in [0.4, 0.5) is 9.59 Å². The lowest BCUT2D eigenvalue weighted by atomic mass is 10.2. The van der Waals surface area contributed by atoms with Gasteiger partial charge in [0.15, 0.2) is 0 Å². The Morgan fingerprint density at radius 1 is 0.675 bits per heavy atom. The molecule has 4 amide bonds. The molecule has 4 N–H and O–H groups in total. The minimum atomic E-state index is -0.908. The van der Waals surface area contributed by atoms with Crippen LogP contribution in [0.2, 0.25) is 0 Å².